The molecule has 0 amide bonds. The van der Waals surface area contributed by atoms with E-state index in [9.17, 15) is 0 Å². The number of aryl methyl sites for hydroxylation is 1. The van der Waals surface area contributed by atoms with Gasteiger partial charge in [0.25, 0.3) is 0 Å². The molecule has 0 saturated carbocycles. The highest BCUT2D eigenvalue weighted by Crippen LogP contribution is 2.22. The Morgan fingerprint density at radius 3 is 3.25 bits per heavy atom. The molecule has 16 heavy (non-hydrogen) atoms. The van der Waals surface area contributed by atoms with Crippen molar-refractivity contribution in [1.29, 1.82) is 0 Å². The molecule has 1 N–H and O–H groups in total. The molecule has 0 aliphatic carbocycles. The second-order valence-electron chi connectivity index (χ2n) is 4.36. The number of imidazole rings is 1. The van der Waals surface area contributed by atoms with Gasteiger partial charge in [-0.15, -0.1) is 0 Å². The highest BCUT2D eigenvalue weighted by Gasteiger charge is 2.19. The second kappa shape index (κ2) is 6.30. The first-order valence-electron chi connectivity index (χ1n) is 6.14. The quantitative estimate of drug-likeness (QED) is 0.773. The van der Waals surface area contributed by atoms with E-state index in [1.165, 1.54) is 37.1 Å². The van der Waals surface area contributed by atoms with E-state index in [0.29, 0.717) is 6.04 Å². The second-order valence-corrected chi connectivity index (χ2v) is 5.35. The van der Waals surface area contributed by atoms with Crippen LogP contribution < -0.4 is 5.32 Å². The van der Waals surface area contributed by atoms with Crippen molar-refractivity contribution >= 4 is 11.8 Å². The summed E-state index contributed by atoms with van der Waals surface area (Å²) in [6.45, 7) is 2.27. The zero-order valence-corrected chi connectivity index (χ0v) is 10.8. The Morgan fingerprint density at radius 1 is 1.56 bits per heavy atom. The molecule has 3 nitrogen and oxygen atoms in total. The molecule has 4 heteroatoms. The largest absolute Gasteiger partial charge is 0.333 e. The summed E-state index contributed by atoms with van der Waals surface area (Å²) in [6.07, 6.45) is 11.3. The van der Waals surface area contributed by atoms with Crippen LogP contribution in [0.5, 0.6) is 0 Å². The van der Waals surface area contributed by atoms with Crippen molar-refractivity contribution < 1.29 is 0 Å². The normalized spacial score (nSPS) is 20.4. The van der Waals surface area contributed by atoms with E-state index in [1.807, 2.05) is 24.3 Å². The predicted octanol–water partition coefficient (Wildman–Crippen LogP) is 2.45. The van der Waals surface area contributed by atoms with Gasteiger partial charge in [-0.2, -0.15) is 11.8 Å². The number of unbranched alkanes of at least 4 members (excludes halogenated alkanes) is 1. The number of nitrogens with zero attached hydrogens (tertiary/aromatic N) is 2. The van der Waals surface area contributed by atoms with Gasteiger partial charge in [0, 0.05) is 18.8 Å². The molecule has 1 atom stereocenters. The third kappa shape index (κ3) is 3.01. The first kappa shape index (κ1) is 12.0. The standard InChI is InChI=1S/C12H21N3S/c1-16-8-3-2-7-15-10-13-9-12(15)11-5-4-6-14-11/h9-11,14H,2-8H2,1H3. The van der Waals surface area contributed by atoms with E-state index < -0.39 is 0 Å². The molecule has 2 heterocycles. The monoisotopic (exact) mass is 239 g/mol. The van der Waals surface area contributed by atoms with Crippen LogP contribution in [0.15, 0.2) is 12.5 Å². The summed E-state index contributed by atoms with van der Waals surface area (Å²) in [6, 6.07) is 0.544. The fraction of sp³-hybridized carbons (Fsp3) is 0.750. The average Bonchev–Trinajstić information content (AvgIpc) is 2.94. The van der Waals surface area contributed by atoms with Gasteiger partial charge < -0.3 is 9.88 Å². The van der Waals surface area contributed by atoms with Gasteiger partial charge in [0.15, 0.2) is 0 Å². The predicted molar refractivity (Wildman–Crippen MR) is 69.8 cm³/mol. The van der Waals surface area contributed by atoms with Gasteiger partial charge in [-0.3, -0.25) is 0 Å². The molecule has 1 saturated heterocycles. The lowest BCUT2D eigenvalue weighted by atomic mass is 10.1. The van der Waals surface area contributed by atoms with Crippen LogP contribution in [-0.2, 0) is 6.54 Å². The van der Waals surface area contributed by atoms with Gasteiger partial charge in [-0.1, -0.05) is 0 Å². The average molecular weight is 239 g/mol. The van der Waals surface area contributed by atoms with Gasteiger partial charge in [-0.25, -0.2) is 4.98 Å². The molecule has 0 spiro atoms. The number of thioether (sulfide) groups is 1. The SMILES string of the molecule is CSCCCCn1cncc1C1CCCN1. The molecule has 1 unspecified atom stereocenters. The molecule has 1 aromatic rings. The highest BCUT2D eigenvalue weighted by molar-refractivity contribution is 7.98. The molecule has 1 fully saturated rings. The summed E-state index contributed by atoms with van der Waals surface area (Å²) in [5.74, 6) is 1.27. The molecule has 0 aromatic carbocycles. The first-order chi connectivity index (χ1) is 7.92. The summed E-state index contributed by atoms with van der Waals surface area (Å²) in [5.41, 5.74) is 1.38. The first-order valence-corrected chi connectivity index (χ1v) is 7.53. The topological polar surface area (TPSA) is 29.9 Å². The molecule has 2 rings (SSSR count). The minimum atomic E-state index is 0.544. The van der Waals surface area contributed by atoms with E-state index in [-0.39, 0.29) is 0 Å². The van der Waals surface area contributed by atoms with Gasteiger partial charge in [0.1, 0.15) is 0 Å². The summed E-state index contributed by atoms with van der Waals surface area (Å²) >= 11 is 1.93. The number of nitrogens with one attached hydrogen (secondary N) is 1. The summed E-state index contributed by atoms with van der Waals surface area (Å²) < 4.78 is 2.32. The third-order valence-corrected chi connectivity index (χ3v) is 3.86. The van der Waals surface area contributed by atoms with Crippen LogP contribution in [-0.4, -0.2) is 28.1 Å². The van der Waals surface area contributed by atoms with Crippen LogP contribution in [0.25, 0.3) is 0 Å². The van der Waals surface area contributed by atoms with Crippen LogP contribution in [0.3, 0.4) is 0 Å². The van der Waals surface area contributed by atoms with Crippen molar-refractivity contribution in [2.24, 2.45) is 0 Å². The Morgan fingerprint density at radius 2 is 2.50 bits per heavy atom. The van der Waals surface area contributed by atoms with Crippen LogP contribution in [0, 0.1) is 0 Å². The number of rotatable bonds is 6. The summed E-state index contributed by atoms with van der Waals surface area (Å²) in [7, 11) is 0. The summed E-state index contributed by atoms with van der Waals surface area (Å²) in [5, 5.41) is 3.54. The van der Waals surface area contributed by atoms with Crippen LogP contribution >= 0.6 is 11.8 Å². The Kier molecular flexibility index (Phi) is 4.72. The fourth-order valence-electron chi connectivity index (χ4n) is 2.27. The van der Waals surface area contributed by atoms with E-state index in [4.69, 9.17) is 0 Å². The van der Waals surface area contributed by atoms with Gasteiger partial charge in [0.2, 0.25) is 0 Å². The van der Waals surface area contributed by atoms with E-state index >= 15 is 0 Å². The third-order valence-electron chi connectivity index (χ3n) is 3.16. The number of hydrogen-bond acceptors (Lipinski definition) is 3. The molecule has 1 aliphatic heterocycles. The van der Waals surface area contributed by atoms with Gasteiger partial charge in [-0.05, 0) is 44.2 Å². The zero-order chi connectivity index (χ0) is 11.2. The molecular weight excluding hydrogens is 218 g/mol. The smallest absolute Gasteiger partial charge is 0.0948 e. The van der Waals surface area contributed by atoms with Crippen LogP contribution in [0.2, 0.25) is 0 Å². The Hall–Kier alpha value is -0.480. The van der Waals surface area contributed by atoms with Crippen molar-refractivity contribution in [3.63, 3.8) is 0 Å². The van der Waals surface area contributed by atoms with Crippen molar-refractivity contribution in [2.75, 3.05) is 18.6 Å². The zero-order valence-electron chi connectivity index (χ0n) is 9.98. The minimum absolute atomic E-state index is 0.544. The Balaban J connectivity index is 1.86. The van der Waals surface area contributed by atoms with E-state index in [0.717, 1.165) is 13.1 Å². The summed E-state index contributed by atoms with van der Waals surface area (Å²) in [4.78, 5) is 4.28. The van der Waals surface area contributed by atoms with Crippen molar-refractivity contribution in [2.45, 2.75) is 38.3 Å². The van der Waals surface area contributed by atoms with Gasteiger partial charge >= 0.3 is 0 Å². The maximum Gasteiger partial charge on any atom is 0.0948 e. The maximum atomic E-state index is 4.28. The Bertz CT molecular complexity index is 305. The number of aromatic nitrogens is 2. The van der Waals surface area contributed by atoms with E-state index in [1.54, 1.807) is 0 Å². The molecule has 1 aliphatic rings. The Labute approximate surface area is 102 Å². The van der Waals surface area contributed by atoms with Crippen molar-refractivity contribution in [1.82, 2.24) is 14.9 Å². The van der Waals surface area contributed by atoms with Crippen molar-refractivity contribution in [3.8, 4) is 0 Å². The molecule has 0 bridgehead atoms. The molecule has 1 aromatic heterocycles. The van der Waals surface area contributed by atoms with Crippen molar-refractivity contribution in [3.05, 3.63) is 18.2 Å². The fourth-order valence-corrected chi connectivity index (χ4v) is 2.77. The molecule has 90 valence electrons. The van der Waals surface area contributed by atoms with E-state index in [2.05, 4.69) is 21.1 Å². The van der Waals surface area contributed by atoms with Gasteiger partial charge in [0.05, 0.1) is 12.0 Å². The lowest BCUT2D eigenvalue weighted by Crippen LogP contribution is -2.16. The lowest BCUT2D eigenvalue weighted by molar-refractivity contribution is 0.546. The van der Waals surface area contributed by atoms with Crippen LogP contribution in [0.4, 0.5) is 0 Å². The van der Waals surface area contributed by atoms with Crippen LogP contribution in [0.1, 0.15) is 37.4 Å². The molecule has 0 radical (unpaired) electrons. The lowest BCUT2D eigenvalue weighted by Gasteiger charge is -2.13. The maximum absolute atomic E-state index is 4.28. The number of hydrogen-bond donors (Lipinski definition) is 1. The highest BCUT2D eigenvalue weighted by atomic mass is 32.2. The molecular formula is C12H21N3S. The minimum Gasteiger partial charge on any atom is -0.333 e.